The highest BCUT2D eigenvalue weighted by molar-refractivity contribution is 9.10. The zero-order valence-corrected chi connectivity index (χ0v) is 11.2. The van der Waals surface area contributed by atoms with Crippen LogP contribution in [0.4, 0.5) is 18.9 Å². The maximum atomic E-state index is 12.7. The summed E-state index contributed by atoms with van der Waals surface area (Å²) in [5, 5.41) is 5.01. The summed E-state index contributed by atoms with van der Waals surface area (Å²) in [7, 11) is 1.66. The average molecular weight is 325 g/mol. The van der Waals surface area contributed by atoms with Gasteiger partial charge in [0.05, 0.1) is 11.3 Å². The molecule has 3 nitrogen and oxygen atoms in total. The van der Waals surface area contributed by atoms with Gasteiger partial charge in [0.2, 0.25) is 5.91 Å². The van der Waals surface area contributed by atoms with Crippen molar-refractivity contribution in [3.05, 3.63) is 28.2 Å². The van der Waals surface area contributed by atoms with Crippen molar-refractivity contribution in [3.8, 4) is 0 Å². The van der Waals surface area contributed by atoms with Gasteiger partial charge in [-0.05, 0) is 25.2 Å². The van der Waals surface area contributed by atoms with E-state index in [1.54, 1.807) is 7.05 Å². The molecule has 7 heteroatoms. The molecule has 1 amide bonds. The summed E-state index contributed by atoms with van der Waals surface area (Å²) >= 11 is 2.97. The highest BCUT2D eigenvalue weighted by atomic mass is 79.9. The summed E-state index contributed by atoms with van der Waals surface area (Å²) < 4.78 is 38.5. The molecule has 0 heterocycles. The minimum absolute atomic E-state index is 0.115. The fourth-order valence-corrected chi connectivity index (χ4v) is 1.67. The summed E-state index contributed by atoms with van der Waals surface area (Å²) in [5.74, 6) is -0.461. The normalized spacial score (nSPS) is 11.4. The van der Waals surface area contributed by atoms with Crippen LogP contribution in [-0.4, -0.2) is 19.5 Å². The predicted molar refractivity (Wildman–Crippen MR) is 66.3 cm³/mol. The molecule has 0 aliphatic heterocycles. The van der Waals surface area contributed by atoms with E-state index in [1.807, 2.05) is 0 Å². The lowest BCUT2D eigenvalue weighted by molar-refractivity contribution is -0.137. The Balaban J connectivity index is 2.92. The van der Waals surface area contributed by atoms with Gasteiger partial charge in [0.1, 0.15) is 0 Å². The molecule has 0 atom stereocenters. The lowest BCUT2D eigenvalue weighted by Gasteiger charge is -2.14. The number of anilines is 1. The topological polar surface area (TPSA) is 41.1 Å². The van der Waals surface area contributed by atoms with Crippen molar-refractivity contribution < 1.29 is 18.0 Å². The number of amides is 1. The van der Waals surface area contributed by atoms with E-state index in [0.29, 0.717) is 11.0 Å². The predicted octanol–water partition coefficient (Wildman–Crippen LogP) is 3.02. The molecule has 0 aliphatic rings. The monoisotopic (exact) mass is 324 g/mol. The summed E-state index contributed by atoms with van der Waals surface area (Å²) in [5.41, 5.74) is -1.10. The first-order valence-electron chi connectivity index (χ1n) is 5.16. The van der Waals surface area contributed by atoms with E-state index in [1.165, 1.54) is 12.1 Å². The summed E-state index contributed by atoms with van der Waals surface area (Å²) in [4.78, 5) is 11.4. The van der Waals surface area contributed by atoms with Crippen LogP contribution in [0.2, 0.25) is 0 Å². The molecule has 0 spiro atoms. The molecule has 0 radical (unpaired) electrons. The molecule has 0 unspecified atom stereocenters. The van der Waals surface area contributed by atoms with E-state index in [2.05, 4.69) is 26.6 Å². The average Bonchev–Trinajstić information content (AvgIpc) is 2.27. The summed E-state index contributed by atoms with van der Waals surface area (Å²) in [6.45, 7) is 0.406. The fourth-order valence-electron chi connectivity index (χ4n) is 1.31. The minimum Gasteiger partial charge on any atom is -0.325 e. The molecular formula is C11H12BrF3N2O. The Kier molecular flexibility index (Phi) is 5.15. The van der Waals surface area contributed by atoms with Crippen molar-refractivity contribution in [1.82, 2.24) is 5.32 Å². The Morgan fingerprint density at radius 2 is 2.06 bits per heavy atom. The van der Waals surface area contributed by atoms with Crippen molar-refractivity contribution in [2.45, 2.75) is 12.6 Å². The van der Waals surface area contributed by atoms with Crippen LogP contribution < -0.4 is 10.6 Å². The minimum atomic E-state index is -4.50. The van der Waals surface area contributed by atoms with Gasteiger partial charge >= 0.3 is 6.18 Å². The molecule has 0 fully saturated rings. The van der Waals surface area contributed by atoms with E-state index in [9.17, 15) is 18.0 Å². The number of hydrogen-bond donors (Lipinski definition) is 2. The number of rotatable bonds is 4. The van der Waals surface area contributed by atoms with Crippen molar-refractivity contribution >= 4 is 27.5 Å². The molecular weight excluding hydrogens is 313 g/mol. The number of carbonyl (C=O) groups excluding carboxylic acids is 1. The smallest absolute Gasteiger partial charge is 0.325 e. The van der Waals surface area contributed by atoms with Gasteiger partial charge in [0.15, 0.2) is 0 Å². The fraction of sp³-hybridized carbons (Fsp3) is 0.364. The lowest BCUT2D eigenvalue weighted by Crippen LogP contribution is -2.20. The molecule has 1 aromatic carbocycles. The number of hydrogen-bond acceptors (Lipinski definition) is 2. The van der Waals surface area contributed by atoms with Crippen molar-refractivity contribution in [2.75, 3.05) is 18.9 Å². The Labute approximate surface area is 111 Å². The van der Waals surface area contributed by atoms with Crippen molar-refractivity contribution in [1.29, 1.82) is 0 Å². The van der Waals surface area contributed by atoms with Gasteiger partial charge in [-0.2, -0.15) is 13.2 Å². The van der Waals surface area contributed by atoms with Crippen LogP contribution in [0.5, 0.6) is 0 Å². The number of nitrogens with one attached hydrogen (secondary N) is 2. The second-order valence-electron chi connectivity index (χ2n) is 3.59. The Morgan fingerprint density at radius 1 is 1.39 bits per heavy atom. The Bertz CT molecular complexity index is 435. The zero-order valence-electron chi connectivity index (χ0n) is 9.57. The van der Waals surface area contributed by atoms with Crippen LogP contribution in [-0.2, 0) is 11.0 Å². The number of carbonyl (C=O) groups is 1. The van der Waals surface area contributed by atoms with E-state index in [4.69, 9.17) is 0 Å². The van der Waals surface area contributed by atoms with Crippen LogP contribution in [0.3, 0.4) is 0 Å². The summed E-state index contributed by atoms with van der Waals surface area (Å²) in [6, 6.07) is 3.61. The third kappa shape index (κ3) is 4.30. The van der Waals surface area contributed by atoms with Gasteiger partial charge in [-0.1, -0.05) is 15.9 Å². The van der Waals surface area contributed by atoms with Gasteiger partial charge in [-0.25, -0.2) is 0 Å². The molecule has 0 aromatic heterocycles. The Hall–Kier alpha value is -1.08. The highest BCUT2D eigenvalue weighted by Crippen LogP contribution is 2.36. The van der Waals surface area contributed by atoms with E-state index < -0.39 is 17.6 Å². The SMILES string of the molecule is CNCCC(=O)Nc1ccc(Br)cc1C(F)(F)F. The summed E-state index contributed by atoms with van der Waals surface area (Å²) in [6.07, 6.45) is -4.39. The van der Waals surface area contributed by atoms with Crippen LogP contribution >= 0.6 is 15.9 Å². The maximum Gasteiger partial charge on any atom is 0.418 e. The van der Waals surface area contributed by atoms with Crippen LogP contribution in [0, 0.1) is 0 Å². The Morgan fingerprint density at radius 3 is 2.61 bits per heavy atom. The lowest BCUT2D eigenvalue weighted by atomic mass is 10.1. The second kappa shape index (κ2) is 6.19. The van der Waals surface area contributed by atoms with E-state index in [-0.39, 0.29) is 12.1 Å². The first-order valence-corrected chi connectivity index (χ1v) is 5.95. The van der Waals surface area contributed by atoms with Gasteiger partial charge in [0.25, 0.3) is 0 Å². The first kappa shape index (κ1) is 15.0. The third-order valence-electron chi connectivity index (χ3n) is 2.16. The molecule has 2 N–H and O–H groups in total. The van der Waals surface area contributed by atoms with Crippen LogP contribution in [0.15, 0.2) is 22.7 Å². The van der Waals surface area contributed by atoms with Gasteiger partial charge in [-0.15, -0.1) is 0 Å². The molecule has 0 saturated carbocycles. The molecule has 1 rings (SSSR count). The zero-order chi connectivity index (χ0) is 13.8. The molecule has 1 aromatic rings. The van der Waals surface area contributed by atoms with Crippen molar-refractivity contribution in [3.63, 3.8) is 0 Å². The van der Waals surface area contributed by atoms with Crippen LogP contribution in [0.1, 0.15) is 12.0 Å². The molecule has 0 saturated heterocycles. The molecule has 0 aliphatic carbocycles. The standard InChI is InChI=1S/C11H12BrF3N2O/c1-16-5-4-10(18)17-9-3-2-7(12)6-8(9)11(13,14)15/h2-3,6,16H,4-5H2,1H3,(H,17,18). The van der Waals surface area contributed by atoms with E-state index >= 15 is 0 Å². The molecule has 0 bridgehead atoms. The third-order valence-corrected chi connectivity index (χ3v) is 2.66. The van der Waals surface area contributed by atoms with Gasteiger partial charge in [0, 0.05) is 17.4 Å². The molecule has 18 heavy (non-hydrogen) atoms. The largest absolute Gasteiger partial charge is 0.418 e. The number of benzene rings is 1. The van der Waals surface area contributed by atoms with Crippen LogP contribution in [0.25, 0.3) is 0 Å². The van der Waals surface area contributed by atoms with Gasteiger partial charge in [-0.3, -0.25) is 4.79 Å². The quantitative estimate of drug-likeness (QED) is 0.893. The number of alkyl halides is 3. The van der Waals surface area contributed by atoms with Gasteiger partial charge < -0.3 is 10.6 Å². The second-order valence-corrected chi connectivity index (χ2v) is 4.51. The number of halogens is 4. The first-order chi connectivity index (χ1) is 8.34. The van der Waals surface area contributed by atoms with Crippen molar-refractivity contribution in [2.24, 2.45) is 0 Å². The molecule has 100 valence electrons. The van der Waals surface area contributed by atoms with E-state index in [0.717, 1.165) is 6.07 Å². The maximum absolute atomic E-state index is 12.7. The highest BCUT2D eigenvalue weighted by Gasteiger charge is 2.34.